The lowest BCUT2D eigenvalue weighted by Gasteiger charge is -1.90. The molecule has 0 amide bonds. The van der Waals surface area contributed by atoms with Crippen LogP contribution < -0.4 is 0 Å². The minimum atomic E-state index is 1.37. The molecule has 1 aromatic carbocycles. The Balaban J connectivity index is 0.000000354. The van der Waals surface area contributed by atoms with Crippen LogP contribution in [-0.4, -0.2) is 0 Å². The molecule has 0 nitrogen and oxygen atoms in total. The SMILES string of the molecule is CC.c1cc2c(ccc3ccsc32)s1. The van der Waals surface area contributed by atoms with Gasteiger partial charge in [-0.25, -0.2) is 0 Å². The molecule has 2 heteroatoms. The van der Waals surface area contributed by atoms with Crippen molar-refractivity contribution in [3.05, 3.63) is 35.0 Å². The molecule has 0 aliphatic carbocycles. The van der Waals surface area contributed by atoms with E-state index >= 15 is 0 Å². The first-order valence-corrected chi connectivity index (χ1v) is 6.54. The largest absolute Gasteiger partial charge is 0.144 e. The van der Waals surface area contributed by atoms with E-state index in [1.54, 1.807) is 0 Å². The van der Waals surface area contributed by atoms with E-state index < -0.39 is 0 Å². The van der Waals surface area contributed by atoms with Gasteiger partial charge in [0.25, 0.3) is 0 Å². The topological polar surface area (TPSA) is 0 Å². The lowest BCUT2D eigenvalue weighted by Crippen LogP contribution is -1.62. The highest BCUT2D eigenvalue weighted by molar-refractivity contribution is 7.21. The molecule has 72 valence electrons. The first-order valence-electron chi connectivity index (χ1n) is 4.78. The summed E-state index contributed by atoms with van der Waals surface area (Å²) in [5.74, 6) is 0. The predicted molar refractivity (Wildman–Crippen MR) is 68.6 cm³/mol. The van der Waals surface area contributed by atoms with Crippen LogP contribution in [0.5, 0.6) is 0 Å². The van der Waals surface area contributed by atoms with E-state index in [4.69, 9.17) is 0 Å². The van der Waals surface area contributed by atoms with Crippen LogP contribution in [-0.2, 0) is 0 Å². The number of rotatable bonds is 0. The van der Waals surface area contributed by atoms with E-state index in [0.717, 1.165) is 0 Å². The van der Waals surface area contributed by atoms with Gasteiger partial charge in [0.2, 0.25) is 0 Å². The fourth-order valence-electron chi connectivity index (χ4n) is 1.47. The van der Waals surface area contributed by atoms with Crippen molar-refractivity contribution < 1.29 is 0 Å². The Labute approximate surface area is 91.8 Å². The summed E-state index contributed by atoms with van der Waals surface area (Å²) in [6.07, 6.45) is 0. The van der Waals surface area contributed by atoms with Crippen LogP contribution in [0.2, 0.25) is 0 Å². The highest BCUT2D eigenvalue weighted by Gasteiger charge is 2.00. The van der Waals surface area contributed by atoms with Gasteiger partial charge in [-0.1, -0.05) is 19.9 Å². The predicted octanol–water partition coefficient (Wildman–Crippen LogP) is 5.14. The fourth-order valence-corrected chi connectivity index (χ4v) is 3.26. The third kappa shape index (κ3) is 1.45. The smallest absolute Gasteiger partial charge is 0.0429 e. The lowest BCUT2D eigenvalue weighted by molar-refractivity contribution is 1.50. The number of hydrogen-bond donors (Lipinski definition) is 0. The van der Waals surface area contributed by atoms with Crippen molar-refractivity contribution in [1.29, 1.82) is 0 Å². The minimum Gasteiger partial charge on any atom is -0.144 e. The van der Waals surface area contributed by atoms with Gasteiger partial charge in [0, 0.05) is 14.8 Å². The van der Waals surface area contributed by atoms with Crippen LogP contribution in [0.4, 0.5) is 0 Å². The van der Waals surface area contributed by atoms with Crippen LogP contribution in [0.25, 0.3) is 20.2 Å². The molecule has 0 saturated carbocycles. The van der Waals surface area contributed by atoms with Gasteiger partial charge < -0.3 is 0 Å². The second-order valence-corrected chi connectivity index (χ2v) is 4.60. The van der Waals surface area contributed by atoms with E-state index in [1.807, 2.05) is 36.5 Å². The van der Waals surface area contributed by atoms with E-state index in [-0.39, 0.29) is 0 Å². The maximum Gasteiger partial charge on any atom is 0.0429 e. The highest BCUT2D eigenvalue weighted by atomic mass is 32.1. The summed E-state index contributed by atoms with van der Waals surface area (Å²) >= 11 is 3.64. The molecule has 14 heavy (non-hydrogen) atoms. The molecule has 3 aromatic rings. The van der Waals surface area contributed by atoms with Crippen molar-refractivity contribution in [2.24, 2.45) is 0 Å². The average molecular weight is 220 g/mol. The summed E-state index contributed by atoms with van der Waals surface area (Å²) in [5, 5.41) is 7.09. The molecule has 0 aliphatic heterocycles. The number of thiophene rings is 2. The molecular formula is C12H12S2. The molecule has 0 unspecified atom stereocenters. The standard InChI is InChI=1S/C10H6S2.C2H6/c1-2-9-8(4-6-11-9)10-7(1)3-5-12-10;1-2/h1-6H;1-2H3. The van der Waals surface area contributed by atoms with E-state index in [2.05, 4.69) is 35.0 Å². The summed E-state index contributed by atoms with van der Waals surface area (Å²) in [5.41, 5.74) is 0. The summed E-state index contributed by atoms with van der Waals surface area (Å²) in [6, 6.07) is 8.79. The zero-order valence-electron chi connectivity index (χ0n) is 8.28. The normalized spacial score (nSPS) is 10.1. The minimum absolute atomic E-state index is 1.37. The van der Waals surface area contributed by atoms with Gasteiger partial charge in [-0.05, 0) is 34.3 Å². The first kappa shape index (κ1) is 9.69. The Morgan fingerprint density at radius 1 is 0.857 bits per heavy atom. The van der Waals surface area contributed by atoms with Crippen LogP contribution in [0, 0.1) is 0 Å². The summed E-state index contributed by atoms with van der Waals surface area (Å²) in [4.78, 5) is 0. The van der Waals surface area contributed by atoms with Crippen molar-refractivity contribution >= 4 is 42.8 Å². The molecule has 2 aromatic heterocycles. The van der Waals surface area contributed by atoms with Crippen LogP contribution in [0.3, 0.4) is 0 Å². The molecule has 2 heterocycles. The third-order valence-corrected chi connectivity index (χ3v) is 3.90. The monoisotopic (exact) mass is 220 g/mol. The number of hydrogen-bond acceptors (Lipinski definition) is 2. The molecule has 0 atom stereocenters. The molecule has 0 radical (unpaired) electrons. The maximum absolute atomic E-state index is 2.21. The van der Waals surface area contributed by atoms with Crippen molar-refractivity contribution in [3.63, 3.8) is 0 Å². The number of benzene rings is 1. The lowest BCUT2D eigenvalue weighted by atomic mass is 10.2. The van der Waals surface area contributed by atoms with Crippen molar-refractivity contribution in [2.75, 3.05) is 0 Å². The summed E-state index contributed by atoms with van der Waals surface area (Å²) < 4.78 is 2.82. The molecule has 3 rings (SSSR count). The number of fused-ring (bicyclic) bond motifs is 3. The summed E-state index contributed by atoms with van der Waals surface area (Å²) in [6.45, 7) is 4.00. The molecule has 0 fully saturated rings. The van der Waals surface area contributed by atoms with Crippen molar-refractivity contribution in [3.8, 4) is 0 Å². The van der Waals surface area contributed by atoms with Crippen LogP contribution >= 0.6 is 22.7 Å². The molecule has 0 aliphatic rings. The quantitative estimate of drug-likeness (QED) is 0.492. The van der Waals surface area contributed by atoms with Gasteiger partial charge in [-0.15, -0.1) is 22.7 Å². The fraction of sp³-hybridized carbons (Fsp3) is 0.167. The van der Waals surface area contributed by atoms with Gasteiger partial charge in [0.15, 0.2) is 0 Å². The zero-order chi connectivity index (χ0) is 9.97. The Kier molecular flexibility index (Phi) is 2.85. The van der Waals surface area contributed by atoms with Crippen LogP contribution in [0.15, 0.2) is 35.0 Å². The molecular weight excluding hydrogens is 208 g/mol. The average Bonchev–Trinajstić information content (AvgIpc) is 2.88. The Morgan fingerprint density at radius 2 is 1.64 bits per heavy atom. The van der Waals surface area contributed by atoms with E-state index in [9.17, 15) is 0 Å². The van der Waals surface area contributed by atoms with Gasteiger partial charge in [-0.3, -0.25) is 0 Å². The van der Waals surface area contributed by atoms with Gasteiger partial charge in [0.05, 0.1) is 0 Å². The van der Waals surface area contributed by atoms with E-state index in [1.165, 1.54) is 20.2 Å². The highest BCUT2D eigenvalue weighted by Crippen LogP contribution is 2.32. The maximum atomic E-state index is 2.21. The Bertz CT molecular complexity index is 481. The Morgan fingerprint density at radius 3 is 2.50 bits per heavy atom. The van der Waals surface area contributed by atoms with Crippen molar-refractivity contribution in [2.45, 2.75) is 13.8 Å². The first-order chi connectivity index (χ1) is 6.95. The van der Waals surface area contributed by atoms with E-state index in [0.29, 0.717) is 0 Å². The Hall–Kier alpha value is -0.860. The van der Waals surface area contributed by atoms with Gasteiger partial charge in [-0.2, -0.15) is 0 Å². The second kappa shape index (κ2) is 4.11. The van der Waals surface area contributed by atoms with Gasteiger partial charge >= 0.3 is 0 Å². The summed E-state index contributed by atoms with van der Waals surface area (Å²) in [7, 11) is 0. The second-order valence-electron chi connectivity index (χ2n) is 2.74. The molecule has 0 N–H and O–H groups in total. The van der Waals surface area contributed by atoms with Crippen LogP contribution in [0.1, 0.15) is 13.8 Å². The zero-order valence-corrected chi connectivity index (χ0v) is 9.91. The van der Waals surface area contributed by atoms with Gasteiger partial charge in [0.1, 0.15) is 0 Å². The molecule has 0 spiro atoms. The third-order valence-electron chi connectivity index (χ3n) is 2.05. The molecule has 0 bridgehead atoms. The van der Waals surface area contributed by atoms with Crippen molar-refractivity contribution in [1.82, 2.24) is 0 Å². The molecule has 0 saturated heterocycles.